The van der Waals surface area contributed by atoms with Crippen molar-refractivity contribution in [1.29, 1.82) is 0 Å². The van der Waals surface area contributed by atoms with Gasteiger partial charge in [-0.2, -0.15) is 0 Å². The smallest absolute Gasteiger partial charge is 0.306 e. The van der Waals surface area contributed by atoms with Gasteiger partial charge >= 0.3 is 17.9 Å². The van der Waals surface area contributed by atoms with Gasteiger partial charge in [0.1, 0.15) is 13.2 Å². The SMILES string of the molecule is CCCCC/C=C\C/C=C\C/C=C\C/C=C\C/C=C\CCC(=O)OC[C@H](COC(=O)CCCCCCCCCCCCC/C=C\CCCCCCCC)OC(=O)CCCCCCCCCCCCCCCCCCCCC. The first-order valence-corrected chi connectivity index (χ1v) is 33.4. The van der Waals surface area contributed by atoms with Crippen molar-refractivity contribution in [1.82, 2.24) is 0 Å². The van der Waals surface area contributed by atoms with E-state index in [0.29, 0.717) is 19.3 Å². The van der Waals surface area contributed by atoms with Crippen molar-refractivity contribution in [3.8, 4) is 0 Å². The molecule has 0 N–H and O–H groups in total. The van der Waals surface area contributed by atoms with E-state index in [1.165, 1.54) is 231 Å². The van der Waals surface area contributed by atoms with Crippen LogP contribution in [0.25, 0.3) is 0 Å². The highest BCUT2D eigenvalue weighted by atomic mass is 16.6. The van der Waals surface area contributed by atoms with Gasteiger partial charge in [0.05, 0.1) is 0 Å². The molecule has 0 heterocycles. The summed E-state index contributed by atoms with van der Waals surface area (Å²) in [6.45, 7) is 6.60. The Morgan fingerprint density at radius 2 is 0.494 bits per heavy atom. The van der Waals surface area contributed by atoms with E-state index in [0.717, 1.165) is 64.2 Å². The summed E-state index contributed by atoms with van der Waals surface area (Å²) in [7, 11) is 0. The fourth-order valence-electron chi connectivity index (χ4n) is 9.66. The molecule has 0 fully saturated rings. The number of carbonyl (C=O) groups excluding carboxylic acids is 3. The third kappa shape index (κ3) is 63.6. The summed E-state index contributed by atoms with van der Waals surface area (Å²) in [5, 5.41) is 0. The second-order valence-corrected chi connectivity index (χ2v) is 22.4. The third-order valence-corrected chi connectivity index (χ3v) is 14.7. The second-order valence-electron chi connectivity index (χ2n) is 22.4. The summed E-state index contributed by atoms with van der Waals surface area (Å²) in [5.74, 6) is -0.963. The summed E-state index contributed by atoms with van der Waals surface area (Å²) in [5.41, 5.74) is 0. The summed E-state index contributed by atoms with van der Waals surface area (Å²) in [6.07, 6.45) is 84.9. The van der Waals surface area contributed by atoms with Crippen LogP contribution in [-0.4, -0.2) is 37.2 Å². The number of unbranched alkanes of at least 4 members (excludes halogenated alkanes) is 38. The third-order valence-electron chi connectivity index (χ3n) is 14.7. The molecule has 0 aliphatic rings. The quantitative estimate of drug-likeness (QED) is 0.0261. The fraction of sp³-hybridized carbons (Fsp3) is 0.789. The first-order chi connectivity index (χ1) is 38.0. The minimum absolute atomic E-state index is 0.0953. The molecule has 0 radical (unpaired) electrons. The normalized spacial score (nSPS) is 12.5. The van der Waals surface area contributed by atoms with Gasteiger partial charge in [-0.25, -0.2) is 0 Å². The van der Waals surface area contributed by atoms with E-state index in [-0.39, 0.29) is 37.5 Å². The maximum atomic E-state index is 12.9. The molecule has 0 aromatic carbocycles. The Hall–Kier alpha value is -3.15. The second kappa shape index (κ2) is 65.4. The lowest BCUT2D eigenvalue weighted by Gasteiger charge is -2.18. The Morgan fingerprint density at radius 3 is 0.844 bits per heavy atom. The molecule has 6 heteroatoms. The molecule has 0 bridgehead atoms. The van der Waals surface area contributed by atoms with Gasteiger partial charge in [0, 0.05) is 19.3 Å². The number of allylic oxidation sites excluding steroid dienone is 12. The standard InChI is InChI=1S/C71H126O6/c1-4-7-10-13-16-19-22-25-28-31-34-35-38-40-43-46-49-52-55-58-61-64-70(73)76-67-68(77-71(74)65-62-59-56-53-50-47-44-41-37-33-30-27-24-21-18-15-12-9-6-3)66-75-69(72)63-60-57-54-51-48-45-42-39-36-32-29-26-23-20-17-14-11-8-5-2/h17,20,25-26,28-29,36,39,45,48,54,57,68H,4-16,18-19,21-24,27,30-35,37-38,40-44,46-47,49-53,55-56,58-67H2,1-3H3/b20-17-,28-25-,29-26-,39-36-,48-45-,57-54-/t68-/m1/s1. The number of esters is 3. The molecule has 0 amide bonds. The van der Waals surface area contributed by atoms with Gasteiger partial charge in [-0.15, -0.1) is 0 Å². The summed E-state index contributed by atoms with van der Waals surface area (Å²) in [6, 6.07) is 0. The van der Waals surface area contributed by atoms with Crippen LogP contribution in [-0.2, 0) is 28.6 Å². The van der Waals surface area contributed by atoms with E-state index in [1.54, 1.807) is 0 Å². The predicted molar refractivity (Wildman–Crippen MR) is 335 cm³/mol. The molecule has 0 unspecified atom stereocenters. The summed E-state index contributed by atoms with van der Waals surface area (Å²) in [4.78, 5) is 38.4. The van der Waals surface area contributed by atoms with Crippen molar-refractivity contribution in [3.63, 3.8) is 0 Å². The molecular formula is C71H126O6. The van der Waals surface area contributed by atoms with Gasteiger partial charge in [-0.3, -0.25) is 14.4 Å². The van der Waals surface area contributed by atoms with Crippen molar-refractivity contribution in [2.75, 3.05) is 13.2 Å². The molecule has 446 valence electrons. The van der Waals surface area contributed by atoms with Crippen LogP contribution in [0.4, 0.5) is 0 Å². The van der Waals surface area contributed by atoms with Crippen molar-refractivity contribution in [3.05, 3.63) is 72.9 Å². The van der Waals surface area contributed by atoms with E-state index in [9.17, 15) is 14.4 Å². The predicted octanol–water partition coefficient (Wildman–Crippen LogP) is 22.9. The van der Waals surface area contributed by atoms with E-state index >= 15 is 0 Å². The van der Waals surface area contributed by atoms with Crippen LogP contribution < -0.4 is 0 Å². The van der Waals surface area contributed by atoms with Gasteiger partial charge in [0.2, 0.25) is 0 Å². The number of hydrogen-bond donors (Lipinski definition) is 0. The van der Waals surface area contributed by atoms with E-state index in [1.807, 2.05) is 6.08 Å². The van der Waals surface area contributed by atoms with Crippen LogP contribution in [0.3, 0.4) is 0 Å². The monoisotopic (exact) mass is 1070 g/mol. The molecule has 0 spiro atoms. The van der Waals surface area contributed by atoms with Gasteiger partial charge in [0.15, 0.2) is 6.10 Å². The molecule has 0 aliphatic carbocycles. The molecule has 1 atom stereocenters. The Bertz CT molecular complexity index is 1420. The maximum absolute atomic E-state index is 12.9. The molecule has 6 nitrogen and oxygen atoms in total. The van der Waals surface area contributed by atoms with Crippen LogP contribution in [0.15, 0.2) is 72.9 Å². The molecule has 0 aliphatic heterocycles. The van der Waals surface area contributed by atoms with Crippen molar-refractivity contribution in [2.24, 2.45) is 0 Å². The lowest BCUT2D eigenvalue weighted by molar-refractivity contribution is -0.166. The number of carbonyl (C=O) groups is 3. The fourth-order valence-corrected chi connectivity index (χ4v) is 9.66. The average Bonchev–Trinajstić information content (AvgIpc) is 3.43. The highest BCUT2D eigenvalue weighted by Crippen LogP contribution is 2.17. The molecular weight excluding hydrogens is 949 g/mol. The van der Waals surface area contributed by atoms with E-state index in [4.69, 9.17) is 14.2 Å². The molecule has 0 saturated heterocycles. The molecule has 77 heavy (non-hydrogen) atoms. The average molecular weight is 1080 g/mol. The zero-order valence-electron chi connectivity index (χ0n) is 51.2. The molecule has 0 saturated carbocycles. The zero-order valence-corrected chi connectivity index (χ0v) is 51.2. The van der Waals surface area contributed by atoms with E-state index < -0.39 is 6.10 Å². The van der Waals surface area contributed by atoms with E-state index in [2.05, 4.69) is 87.6 Å². The minimum Gasteiger partial charge on any atom is -0.462 e. The first kappa shape index (κ1) is 73.8. The van der Waals surface area contributed by atoms with Crippen LogP contribution in [0.1, 0.15) is 342 Å². The van der Waals surface area contributed by atoms with Gasteiger partial charge in [0.25, 0.3) is 0 Å². The van der Waals surface area contributed by atoms with Gasteiger partial charge < -0.3 is 14.2 Å². The largest absolute Gasteiger partial charge is 0.462 e. The van der Waals surface area contributed by atoms with Crippen molar-refractivity contribution in [2.45, 2.75) is 348 Å². The maximum Gasteiger partial charge on any atom is 0.306 e. The molecule has 0 aromatic rings. The summed E-state index contributed by atoms with van der Waals surface area (Å²) < 4.78 is 16.9. The minimum atomic E-state index is -0.805. The lowest BCUT2D eigenvalue weighted by Crippen LogP contribution is -2.30. The van der Waals surface area contributed by atoms with Crippen LogP contribution in [0.5, 0.6) is 0 Å². The van der Waals surface area contributed by atoms with Crippen LogP contribution in [0.2, 0.25) is 0 Å². The van der Waals surface area contributed by atoms with Crippen LogP contribution in [0, 0.1) is 0 Å². The first-order valence-electron chi connectivity index (χ1n) is 33.4. The Kier molecular flexibility index (Phi) is 62.7. The van der Waals surface area contributed by atoms with Crippen molar-refractivity contribution >= 4 is 17.9 Å². The Morgan fingerprint density at radius 1 is 0.260 bits per heavy atom. The number of rotatable bonds is 61. The lowest BCUT2D eigenvalue weighted by atomic mass is 10.0. The molecule has 0 aromatic heterocycles. The highest BCUT2D eigenvalue weighted by molar-refractivity contribution is 5.71. The Balaban J connectivity index is 4.43. The molecule has 0 rings (SSSR count). The Labute approximate surface area is 478 Å². The number of hydrogen-bond acceptors (Lipinski definition) is 6. The number of ether oxygens (including phenoxy) is 3. The van der Waals surface area contributed by atoms with Gasteiger partial charge in [-0.1, -0.05) is 312 Å². The highest BCUT2D eigenvalue weighted by Gasteiger charge is 2.19. The zero-order chi connectivity index (χ0) is 55.7. The van der Waals surface area contributed by atoms with Gasteiger partial charge in [-0.05, 0) is 83.5 Å². The van der Waals surface area contributed by atoms with Crippen LogP contribution >= 0.6 is 0 Å². The summed E-state index contributed by atoms with van der Waals surface area (Å²) >= 11 is 0. The van der Waals surface area contributed by atoms with Crippen molar-refractivity contribution < 1.29 is 28.6 Å². The topological polar surface area (TPSA) is 78.9 Å².